The number of hydrogen-bond donors (Lipinski definition) is 0. The lowest BCUT2D eigenvalue weighted by Crippen LogP contribution is -2.01. The molecule has 0 atom stereocenters. The molecule has 0 aliphatic carbocycles. The smallest absolute Gasteiger partial charge is 0.132 e. The molecule has 3 heteroatoms. The van der Waals surface area contributed by atoms with Crippen molar-refractivity contribution in [1.82, 2.24) is 9.97 Å². The molecule has 0 saturated carbocycles. The lowest BCUT2D eigenvalue weighted by atomic mass is 10.1. The third-order valence-electron chi connectivity index (χ3n) is 2.74. The zero-order chi connectivity index (χ0) is 12.3. The van der Waals surface area contributed by atoms with Crippen LogP contribution < -0.4 is 0 Å². The molecule has 0 N–H and O–H groups in total. The van der Waals surface area contributed by atoms with Crippen LogP contribution >= 0.6 is 11.6 Å². The molecule has 0 radical (unpaired) electrons. The van der Waals surface area contributed by atoms with Crippen LogP contribution in [0.15, 0.2) is 30.5 Å². The van der Waals surface area contributed by atoms with Crippen molar-refractivity contribution in [3.63, 3.8) is 0 Å². The van der Waals surface area contributed by atoms with Crippen molar-refractivity contribution in [2.45, 2.75) is 26.7 Å². The number of hydrogen-bond acceptors (Lipinski definition) is 2. The van der Waals surface area contributed by atoms with Crippen LogP contribution in [0.25, 0.3) is 0 Å². The molecule has 0 saturated heterocycles. The van der Waals surface area contributed by atoms with Gasteiger partial charge in [0.25, 0.3) is 0 Å². The highest BCUT2D eigenvalue weighted by Crippen LogP contribution is 2.13. The van der Waals surface area contributed by atoms with E-state index in [1.165, 1.54) is 5.56 Å². The van der Waals surface area contributed by atoms with Crippen molar-refractivity contribution in [3.8, 4) is 0 Å². The first-order valence-corrected chi connectivity index (χ1v) is 6.12. The first kappa shape index (κ1) is 12.1. The van der Waals surface area contributed by atoms with Crippen molar-refractivity contribution in [2.24, 2.45) is 0 Å². The topological polar surface area (TPSA) is 25.8 Å². The molecule has 0 amide bonds. The second-order valence-corrected chi connectivity index (χ2v) is 4.51. The Labute approximate surface area is 107 Å². The van der Waals surface area contributed by atoms with E-state index in [4.69, 9.17) is 11.6 Å². The molecule has 0 bridgehead atoms. The number of nitrogens with zero attached hydrogens (tertiary/aromatic N) is 2. The molecule has 0 aliphatic rings. The van der Waals surface area contributed by atoms with Gasteiger partial charge in [0.1, 0.15) is 5.82 Å². The number of halogens is 1. The van der Waals surface area contributed by atoms with Crippen molar-refractivity contribution in [1.29, 1.82) is 0 Å². The molecule has 0 unspecified atom stereocenters. The van der Waals surface area contributed by atoms with Crippen LogP contribution in [0.3, 0.4) is 0 Å². The molecule has 0 aliphatic heterocycles. The Bertz CT molecular complexity index is 506. The summed E-state index contributed by atoms with van der Waals surface area (Å²) in [5.41, 5.74) is 3.47. The summed E-state index contributed by atoms with van der Waals surface area (Å²) in [6, 6.07) is 7.81. The van der Waals surface area contributed by atoms with Gasteiger partial charge in [-0.15, -0.1) is 0 Å². The van der Waals surface area contributed by atoms with E-state index in [0.717, 1.165) is 34.9 Å². The number of aryl methyl sites for hydroxylation is 2. The van der Waals surface area contributed by atoms with Crippen molar-refractivity contribution >= 4 is 11.6 Å². The predicted molar refractivity (Wildman–Crippen MR) is 70.4 cm³/mol. The van der Waals surface area contributed by atoms with E-state index in [-0.39, 0.29) is 0 Å². The molecule has 0 fully saturated rings. The molecule has 2 rings (SSSR count). The predicted octanol–water partition coefficient (Wildman–Crippen LogP) is 3.59. The Morgan fingerprint density at radius 3 is 2.53 bits per heavy atom. The Hall–Kier alpha value is -1.41. The van der Waals surface area contributed by atoms with Gasteiger partial charge in [0.15, 0.2) is 0 Å². The zero-order valence-electron chi connectivity index (χ0n) is 10.1. The van der Waals surface area contributed by atoms with Crippen LogP contribution in [0.2, 0.25) is 5.02 Å². The van der Waals surface area contributed by atoms with E-state index in [1.807, 2.05) is 37.4 Å². The summed E-state index contributed by atoms with van der Waals surface area (Å²) in [4.78, 5) is 8.92. The van der Waals surface area contributed by atoms with Gasteiger partial charge in [0.05, 0.1) is 0 Å². The molecule has 1 heterocycles. The van der Waals surface area contributed by atoms with Crippen LogP contribution in [-0.4, -0.2) is 9.97 Å². The van der Waals surface area contributed by atoms with E-state index in [1.54, 1.807) is 0 Å². The van der Waals surface area contributed by atoms with Crippen LogP contribution in [0.5, 0.6) is 0 Å². The summed E-state index contributed by atoms with van der Waals surface area (Å²) in [7, 11) is 0. The highest BCUT2D eigenvalue weighted by molar-refractivity contribution is 6.30. The van der Waals surface area contributed by atoms with Gasteiger partial charge in [-0.25, -0.2) is 9.97 Å². The summed E-state index contributed by atoms with van der Waals surface area (Å²) in [6.07, 6.45) is 3.60. The fraction of sp³-hybridized carbons (Fsp3) is 0.286. The molecular weight excluding hydrogens is 232 g/mol. The van der Waals surface area contributed by atoms with Gasteiger partial charge in [-0.05, 0) is 36.6 Å². The Morgan fingerprint density at radius 1 is 1.18 bits per heavy atom. The minimum Gasteiger partial charge on any atom is -0.241 e. The van der Waals surface area contributed by atoms with Gasteiger partial charge in [0.2, 0.25) is 0 Å². The first-order chi connectivity index (χ1) is 8.19. The molecule has 1 aromatic carbocycles. The molecule has 17 heavy (non-hydrogen) atoms. The molecule has 0 spiro atoms. The second-order valence-electron chi connectivity index (χ2n) is 4.07. The summed E-state index contributed by atoms with van der Waals surface area (Å²) >= 11 is 5.85. The quantitative estimate of drug-likeness (QED) is 0.827. The minimum atomic E-state index is 0.754. The zero-order valence-corrected chi connectivity index (χ0v) is 10.8. The summed E-state index contributed by atoms with van der Waals surface area (Å²) < 4.78 is 0. The third kappa shape index (κ3) is 3.04. The second kappa shape index (κ2) is 5.28. The van der Waals surface area contributed by atoms with Crippen LogP contribution in [0, 0.1) is 6.92 Å². The molecular formula is C14H15ClN2. The van der Waals surface area contributed by atoms with Gasteiger partial charge in [-0.2, -0.15) is 0 Å². The van der Waals surface area contributed by atoms with E-state index >= 15 is 0 Å². The van der Waals surface area contributed by atoms with Crippen molar-refractivity contribution < 1.29 is 0 Å². The standard InChI is InChI=1S/C14H15ClN2/c1-3-13-10(2)9-16-14(17-13)8-11-4-6-12(15)7-5-11/h4-7,9H,3,8H2,1-2H3. The SMILES string of the molecule is CCc1nc(Cc2ccc(Cl)cc2)ncc1C. The van der Waals surface area contributed by atoms with E-state index in [2.05, 4.69) is 16.9 Å². The lowest BCUT2D eigenvalue weighted by molar-refractivity contribution is 0.888. The average Bonchev–Trinajstić information content (AvgIpc) is 2.34. The monoisotopic (exact) mass is 246 g/mol. The lowest BCUT2D eigenvalue weighted by Gasteiger charge is -2.05. The van der Waals surface area contributed by atoms with Gasteiger partial charge in [-0.3, -0.25) is 0 Å². The van der Waals surface area contributed by atoms with Gasteiger partial charge >= 0.3 is 0 Å². The van der Waals surface area contributed by atoms with Gasteiger partial charge < -0.3 is 0 Å². The first-order valence-electron chi connectivity index (χ1n) is 5.75. The van der Waals surface area contributed by atoms with Gasteiger partial charge in [0, 0.05) is 23.3 Å². The maximum absolute atomic E-state index is 5.85. The molecule has 1 aromatic heterocycles. The third-order valence-corrected chi connectivity index (χ3v) is 2.99. The van der Waals surface area contributed by atoms with Crippen molar-refractivity contribution in [3.05, 3.63) is 58.1 Å². The van der Waals surface area contributed by atoms with Gasteiger partial charge in [-0.1, -0.05) is 30.7 Å². The van der Waals surface area contributed by atoms with Crippen LogP contribution in [0.4, 0.5) is 0 Å². The minimum absolute atomic E-state index is 0.754. The number of rotatable bonds is 3. The summed E-state index contributed by atoms with van der Waals surface area (Å²) in [6.45, 7) is 4.16. The van der Waals surface area contributed by atoms with Crippen LogP contribution in [-0.2, 0) is 12.8 Å². The van der Waals surface area contributed by atoms with E-state index in [0.29, 0.717) is 0 Å². The molecule has 2 nitrogen and oxygen atoms in total. The Morgan fingerprint density at radius 2 is 1.88 bits per heavy atom. The maximum Gasteiger partial charge on any atom is 0.132 e. The summed E-state index contributed by atoms with van der Waals surface area (Å²) in [5.74, 6) is 0.870. The highest BCUT2D eigenvalue weighted by Gasteiger charge is 2.03. The Balaban J connectivity index is 2.21. The molecule has 2 aromatic rings. The Kier molecular flexibility index (Phi) is 3.75. The number of aromatic nitrogens is 2. The maximum atomic E-state index is 5.85. The summed E-state index contributed by atoms with van der Waals surface area (Å²) in [5, 5.41) is 0.757. The largest absolute Gasteiger partial charge is 0.241 e. The van der Waals surface area contributed by atoms with E-state index in [9.17, 15) is 0 Å². The fourth-order valence-electron chi connectivity index (χ4n) is 1.75. The van der Waals surface area contributed by atoms with E-state index < -0.39 is 0 Å². The highest BCUT2D eigenvalue weighted by atomic mass is 35.5. The van der Waals surface area contributed by atoms with Crippen molar-refractivity contribution in [2.75, 3.05) is 0 Å². The average molecular weight is 247 g/mol. The molecule has 88 valence electrons. The fourth-order valence-corrected chi connectivity index (χ4v) is 1.87. The normalized spacial score (nSPS) is 10.5. The number of benzene rings is 1. The van der Waals surface area contributed by atoms with Crippen LogP contribution in [0.1, 0.15) is 29.6 Å².